The zero-order valence-corrected chi connectivity index (χ0v) is 20.9. The lowest BCUT2D eigenvalue weighted by Crippen LogP contribution is -2.27. The lowest BCUT2D eigenvalue weighted by Gasteiger charge is -2.09. The number of aryl methyl sites for hydroxylation is 2. The van der Waals surface area contributed by atoms with Crippen molar-refractivity contribution in [3.8, 4) is 28.5 Å². The number of unbranched alkanes of at least 4 members (excludes halogenated alkanes) is 2. The van der Waals surface area contributed by atoms with Gasteiger partial charge in [0.1, 0.15) is 0 Å². The number of imidazole rings is 1. The van der Waals surface area contributed by atoms with Crippen molar-refractivity contribution in [2.75, 3.05) is 0 Å². The maximum absolute atomic E-state index is 13.5. The van der Waals surface area contributed by atoms with E-state index in [1.165, 1.54) is 0 Å². The first-order valence-corrected chi connectivity index (χ1v) is 12.5. The summed E-state index contributed by atoms with van der Waals surface area (Å²) < 4.78 is 5.01. The predicted octanol–water partition coefficient (Wildman–Crippen LogP) is 3.06. The summed E-state index contributed by atoms with van der Waals surface area (Å²) in [5.74, 6) is 0.964. The van der Waals surface area contributed by atoms with Crippen LogP contribution in [0.5, 0.6) is 0 Å². The van der Waals surface area contributed by atoms with Crippen molar-refractivity contribution in [1.29, 1.82) is 0 Å². The number of H-pyrrole nitrogens is 1. The average Bonchev–Trinajstić information content (AvgIpc) is 3.69. The predicted molar refractivity (Wildman–Crippen MR) is 137 cm³/mol. The second kappa shape index (κ2) is 11.1. The van der Waals surface area contributed by atoms with Crippen molar-refractivity contribution in [3.63, 3.8) is 0 Å². The van der Waals surface area contributed by atoms with E-state index in [0.29, 0.717) is 24.9 Å². The molecule has 12 heteroatoms. The second-order valence-electron chi connectivity index (χ2n) is 8.84. The van der Waals surface area contributed by atoms with Crippen molar-refractivity contribution in [3.05, 3.63) is 70.7 Å². The zero-order chi connectivity index (χ0) is 25.6. The summed E-state index contributed by atoms with van der Waals surface area (Å²) in [6, 6.07) is 11.8. The lowest BCUT2D eigenvalue weighted by molar-refractivity contribution is 0.540. The fourth-order valence-electron chi connectivity index (χ4n) is 4.27. The topological polar surface area (TPSA) is 138 Å². The minimum atomic E-state index is -0.174. The monoisotopic (exact) mass is 499 g/mol. The van der Waals surface area contributed by atoms with E-state index >= 15 is 0 Å². The number of hydrogen-bond acceptors (Lipinski definition) is 8. The standard InChI is InChI=1S/C25H29N11O/c1-3-5-9-20-17-35(24-29-32-33-36(24)14-6-4-2)25(37)34(20)16-19-13-12-18(15-26-19)21-10-7-8-11-22(21)23-27-30-31-28-23/h7-8,10-13,15,17H,3-6,9,14,16H2,1-2H3,(H,27,28,30,31). The Morgan fingerprint density at radius 3 is 2.54 bits per heavy atom. The molecule has 0 fully saturated rings. The van der Waals surface area contributed by atoms with Crippen LogP contribution in [-0.4, -0.2) is 54.9 Å². The molecule has 0 aliphatic carbocycles. The molecule has 0 unspecified atom stereocenters. The Balaban J connectivity index is 1.45. The van der Waals surface area contributed by atoms with E-state index in [0.717, 1.165) is 60.2 Å². The minimum Gasteiger partial charge on any atom is -0.290 e. The molecule has 0 saturated carbocycles. The van der Waals surface area contributed by atoms with Gasteiger partial charge in [-0.3, -0.25) is 9.55 Å². The Morgan fingerprint density at radius 2 is 1.81 bits per heavy atom. The number of pyridine rings is 1. The molecule has 0 aliphatic heterocycles. The highest BCUT2D eigenvalue weighted by atomic mass is 16.2. The van der Waals surface area contributed by atoms with Gasteiger partial charge in [-0.15, -0.1) is 10.2 Å². The summed E-state index contributed by atoms with van der Waals surface area (Å²) in [4.78, 5) is 18.2. The van der Waals surface area contributed by atoms with Crippen LogP contribution in [0.4, 0.5) is 0 Å². The Kier molecular flexibility index (Phi) is 7.24. The van der Waals surface area contributed by atoms with Crippen LogP contribution < -0.4 is 5.69 Å². The normalized spacial score (nSPS) is 11.3. The van der Waals surface area contributed by atoms with Crippen molar-refractivity contribution in [2.45, 2.75) is 59.0 Å². The summed E-state index contributed by atoms with van der Waals surface area (Å²) >= 11 is 0. The summed E-state index contributed by atoms with van der Waals surface area (Å²) in [7, 11) is 0. The van der Waals surface area contributed by atoms with Crippen LogP contribution in [0.2, 0.25) is 0 Å². The van der Waals surface area contributed by atoms with Crippen molar-refractivity contribution >= 4 is 0 Å². The Bertz CT molecular complexity index is 1500. The third kappa shape index (κ3) is 5.08. The summed E-state index contributed by atoms with van der Waals surface area (Å²) in [6.07, 6.45) is 8.41. The number of aromatic amines is 1. The zero-order valence-electron chi connectivity index (χ0n) is 20.9. The molecule has 37 heavy (non-hydrogen) atoms. The summed E-state index contributed by atoms with van der Waals surface area (Å²) in [5.41, 5.74) is 4.28. The highest BCUT2D eigenvalue weighted by Crippen LogP contribution is 2.29. The number of tetrazole rings is 2. The van der Waals surface area contributed by atoms with Crippen LogP contribution in [0.25, 0.3) is 28.5 Å². The van der Waals surface area contributed by atoms with Gasteiger partial charge in [-0.25, -0.2) is 14.0 Å². The van der Waals surface area contributed by atoms with Crippen LogP contribution >= 0.6 is 0 Å². The van der Waals surface area contributed by atoms with Crippen molar-refractivity contribution in [1.82, 2.24) is 54.9 Å². The molecule has 4 heterocycles. The summed E-state index contributed by atoms with van der Waals surface area (Å²) in [5, 5.41) is 26.4. The van der Waals surface area contributed by atoms with Crippen molar-refractivity contribution in [2.24, 2.45) is 0 Å². The van der Waals surface area contributed by atoms with Crippen molar-refractivity contribution < 1.29 is 0 Å². The van der Waals surface area contributed by atoms with Crippen LogP contribution in [0.3, 0.4) is 0 Å². The molecule has 12 nitrogen and oxygen atoms in total. The fraction of sp³-hybridized carbons (Fsp3) is 0.360. The van der Waals surface area contributed by atoms with E-state index in [-0.39, 0.29) is 5.69 Å². The quantitative estimate of drug-likeness (QED) is 0.293. The highest BCUT2D eigenvalue weighted by Gasteiger charge is 2.18. The van der Waals surface area contributed by atoms with Gasteiger partial charge in [0.15, 0.2) is 0 Å². The molecule has 0 bridgehead atoms. The third-order valence-corrected chi connectivity index (χ3v) is 6.27. The van der Waals surface area contributed by atoms with Gasteiger partial charge in [0.2, 0.25) is 5.82 Å². The third-order valence-electron chi connectivity index (χ3n) is 6.27. The first-order chi connectivity index (χ1) is 18.2. The molecule has 0 radical (unpaired) electrons. The average molecular weight is 500 g/mol. The Morgan fingerprint density at radius 1 is 0.973 bits per heavy atom. The van der Waals surface area contributed by atoms with Crippen LogP contribution in [0.15, 0.2) is 53.6 Å². The van der Waals surface area contributed by atoms with Gasteiger partial charge in [-0.1, -0.05) is 62.1 Å². The van der Waals surface area contributed by atoms with Gasteiger partial charge in [0, 0.05) is 35.8 Å². The molecule has 0 saturated heterocycles. The second-order valence-corrected chi connectivity index (χ2v) is 8.84. The molecule has 0 atom stereocenters. The molecule has 0 aliphatic rings. The minimum absolute atomic E-state index is 0.174. The maximum atomic E-state index is 13.5. The largest absolute Gasteiger partial charge is 0.335 e. The number of nitrogens with one attached hydrogen (secondary N) is 1. The molecule has 1 N–H and O–H groups in total. The Labute approximate surface area is 213 Å². The fourth-order valence-corrected chi connectivity index (χ4v) is 4.27. The molecule has 5 rings (SSSR count). The van der Waals surface area contributed by atoms with E-state index in [9.17, 15) is 4.79 Å². The van der Waals surface area contributed by atoms with Gasteiger partial charge in [-0.05, 0) is 46.5 Å². The SMILES string of the molecule is CCCCc1cn(-c2nnnn2CCCC)c(=O)n1Cc1ccc(-c2ccccc2-c2nn[nH]n2)cn1. The molecular formula is C25H29N11O. The number of hydrogen-bond donors (Lipinski definition) is 1. The smallest absolute Gasteiger partial charge is 0.290 e. The van der Waals surface area contributed by atoms with Gasteiger partial charge in [0.05, 0.1) is 12.2 Å². The van der Waals surface area contributed by atoms with Gasteiger partial charge < -0.3 is 0 Å². The molecular weight excluding hydrogens is 470 g/mol. The molecule has 5 aromatic rings. The molecule has 0 amide bonds. The molecule has 1 aromatic carbocycles. The van der Waals surface area contributed by atoms with Crippen LogP contribution in [0.1, 0.15) is 50.9 Å². The number of rotatable bonds is 11. The van der Waals surface area contributed by atoms with Crippen LogP contribution in [0, 0.1) is 0 Å². The molecule has 4 aromatic heterocycles. The molecule has 0 spiro atoms. The number of benzene rings is 1. The van der Waals surface area contributed by atoms with Gasteiger partial charge in [-0.2, -0.15) is 5.21 Å². The van der Waals surface area contributed by atoms with E-state index in [4.69, 9.17) is 0 Å². The first-order valence-electron chi connectivity index (χ1n) is 12.5. The van der Waals surface area contributed by atoms with Gasteiger partial charge >= 0.3 is 5.69 Å². The maximum Gasteiger partial charge on any atom is 0.335 e. The Hall–Kier alpha value is -4.48. The highest BCUT2D eigenvalue weighted by molar-refractivity contribution is 5.79. The first kappa shape index (κ1) is 24.2. The summed E-state index contributed by atoms with van der Waals surface area (Å²) in [6.45, 7) is 5.26. The van der Waals surface area contributed by atoms with E-state index in [2.05, 4.69) is 55.0 Å². The number of nitrogens with zero attached hydrogens (tertiary/aromatic N) is 10. The van der Waals surface area contributed by atoms with Gasteiger partial charge in [0.25, 0.3) is 5.95 Å². The van der Waals surface area contributed by atoms with E-state index < -0.39 is 0 Å². The number of aromatic nitrogens is 11. The molecule has 190 valence electrons. The van der Waals surface area contributed by atoms with E-state index in [1.807, 2.05) is 48.8 Å². The van der Waals surface area contributed by atoms with E-state index in [1.54, 1.807) is 13.8 Å². The van der Waals surface area contributed by atoms with Crippen LogP contribution in [-0.2, 0) is 19.5 Å². The lowest BCUT2D eigenvalue weighted by atomic mass is 10.0.